The van der Waals surface area contributed by atoms with Crippen LogP contribution in [-0.2, 0) is 4.79 Å². The first kappa shape index (κ1) is 19.1. The fourth-order valence-corrected chi connectivity index (χ4v) is 3.62. The average Bonchev–Trinajstić information content (AvgIpc) is 2.99. The van der Waals surface area contributed by atoms with Crippen molar-refractivity contribution >= 4 is 63.8 Å². The van der Waals surface area contributed by atoms with E-state index in [4.69, 9.17) is 39.5 Å². The number of nitrogens with one attached hydrogen (secondary N) is 1. The Balaban J connectivity index is 1.73. The molecule has 0 aliphatic carbocycles. The third kappa shape index (κ3) is 4.01. The minimum atomic E-state index is -0.222. The number of amides is 1. The average molecular weight is 432 g/mol. The maximum atomic E-state index is 12.3. The van der Waals surface area contributed by atoms with Gasteiger partial charge in [-0.15, -0.1) is 10.2 Å². The molecule has 0 saturated heterocycles. The van der Waals surface area contributed by atoms with Gasteiger partial charge in [-0.2, -0.15) is 0 Å². The predicted molar refractivity (Wildman–Crippen MR) is 105 cm³/mol. The van der Waals surface area contributed by atoms with Crippen molar-refractivity contribution in [2.45, 2.75) is 12.1 Å². The molecule has 3 aromatic rings. The van der Waals surface area contributed by atoms with Gasteiger partial charge in [-0.3, -0.25) is 9.20 Å². The molecule has 3 rings (SSSR count). The quantitative estimate of drug-likeness (QED) is 0.591. The molecule has 0 bridgehead atoms. The monoisotopic (exact) mass is 430 g/mol. The van der Waals surface area contributed by atoms with E-state index in [1.807, 2.05) is 6.92 Å². The predicted octanol–water partition coefficient (Wildman–Crippen LogP) is 4.74. The summed E-state index contributed by atoms with van der Waals surface area (Å²) in [6.45, 7) is 1.85. The zero-order valence-electron chi connectivity index (χ0n) is 13.7. The lowest BCUT2D eigenvalue weighted by atomic mass is 10.2. The first-order valence-electron chi connectivity index (χ1n) is 7.35. The van der Waals surface area contributed by atoms with Crippen molar-refractivity contribution in [1.82, 2.24) is 14.6 Å². The molecule has 0 unspecified atom stereocenters. The molecule has 0 atom stereocenters. The Bertz CT molecular complexity index is 993. The molecule has 0 fully saturated rings. The molecule has 2 heterocycles. The first-order valence-corrected chi connectivity index (χ1v) is 9.47. The lowest BCUT2D eigenvalue weighted by molar-refractivity contribution is -0.113. The molecule has 1 N–H and O–H groups in total. The molecule has 6 nitrogen and oxygen atoms in total. The number of carbonyl (C=O) groups is 1. The number of pyridine rings is 1. The molecule has 10 heteroatoms. The van der Waals surface area contributed by atoms with Gasteiger partial charge in [0.15, 0.2) is 10.8 Å². The molecule has 1 aromatic carbocycles. The van der Waals surface area contributed by atoms with E-state index in [-0.39, 0.29) is 11.7 Å². The Morgan fingerprint density at radius 1 is 1.23 bits per heavy atom. The van der Waals surface area contributed by atoms with Crippen LogP contribution in [0.5, 0.6) is 5.75 Å². The van der Waals surface area contributed by atoms with Gasteiger partial charge in [0.05, 0.1) is 28.6 Å². The van der Waals surface area contributed by atoms with Crippen molar-refractivity contribution in [3.8, 4) is 5.75 Å². The van der Waals surface area contributed by atoms with Crippen LogP contribution in [0.25, 0.3) is 5.65 Å². The number of hydrogen-bond acceptors (Lipinski definition) is 5. The molecule has 26 heavy (non-hydrogen) atoms. The number of halogens is 3. The fraction of sp³-hybridized carbons (Fsp3) is 0.188. The van der Waals surface area contributed by atoms with Gasteiger partial charge in [-0.05, 0) is 24.6 Å². The van der Waals surface area contributed by atoms with Crippen LogP contribution in [0.3, 0.4) is 0 Å². The molecule has 136 valence electrons. The number of carbonyl (C=O) groups excluding carboxylic acids is 1. The number of aryl methyl sites for hydroxylation is 1. The fourth-order valence-electron chi connectivity index (χ4n) is 2.25. The van der Waals surface area contributed by atoms with Crippen molar-refractivity contribution < 1.29 is 9.53 Å². The van der Waals surface area contributed by atoms with Crippen LogP contribution >= 0.6 is 46.6 Å². The van der Waals surface area contributed by atoms with Gasteiger partial charge in [0.1, 0.15) is 5.75 Å². The molecular formula is C16H13Cl3N4O2S. The van der Waals surface area contributed by atoms with Crippen LogP contribution in [0.15, 0.2) is 29.6 Å². The number of methoxy groups -OCH3 is 1. The lowest BCUT2D eigenvalue weighted by Crippen LogP contribution is -2.15. The van der Waals surface area contributed by atoms with Crippen molar-refractivity contribution in [3.05, 3.63) is 45.0 Å². The smallest absolute Gasteiger partial charge is 0.234 e. The van der Waals surface area contributed by atoms with Crippen LogP contribution in [-0.4, -0.2) is 33.4 Å². The summed E-state index contributed by atoms with van der Waals surface area (Å²) in [6, 6.07) is 5.01. The van der Waals surface area contributed by atoms with E-state index in [1.54, 1.807) is 28.8 Å². The number of benzene rings is 1. The van der Waals surface area contributed by atoms with Crippen molar-refractivity contribution in [2.75, 3.05) is 18.2 Å². The van der Waals surface area contributed by atoms with Gasteiger partial charge < -0.3 is 10.1 Å². The number of hydrogen-bond donors (Lipinski definition) is 1. The second-order valence-corrected chi connectivity index (χ2v) is 7.51. The van der Waals surface area contributed by atoms with Crippen LogP contribution in [0.1, 0.15) is 5.56 Å². The van der Waals surface area contributed by atoms with Crippen molar-refractivity contribution in [1.29, 1.82) is 0 Å². The number of anilines is 1. The summed E-state index contributed by atoms with van der Waals surface area (Å²) in [6.07, 6.45) is 1.65. The highest BCUT2D eigenvalue weighted by Gasteiger charge is 2.14. The Kier molecular flexibility index (Phi) is 5.82. The zero-order valence-corrected chi connectivity index (χ0v) is 16.8. The van der Waals surface area contributed by atoms with E-state index in [0.29, 0.717) is 37.3 Å². The molecular weight excluding hydrogens is 419 g/mol. The second-order valence-electron chi connectivity index (χ2n) is 5.32. The second kappa shape index (κ2) is 7.92. The van der Waals surface area contributed by atoms with Gasteiger partial charge in [-0.1, -0.05) is 46.6 Å². The van der Waals surface area contributed by atoms with Gasteiger partial charge in [0.2, 0.25) is 5.91 Å². The van der Waals surface area contributed by atoms with Crippen LogP contribution in [0.2, 0.25) is 15.1 Å². The number of aromatic nitrogens is 3. The van der Waals surface area contributed by atoms with Gasteiger partial charge in [-0.25, -0.2) is 0 Å². The number of nitrogens with zero attached hydrogens (tertiary/aromatic N) is 3. The van der Waals surface area contributed by atoms with E-state index >= 15 is 0 Å². The Labute approximate surface area is 168 Å². The summed E-state index contributed by atoms with van der Waals surface area (Å²) in [5.41, 5.74) is 1.87. The van der Waals surface area contributed by atoms with E-state index in [0.717, 1.165) is 5.56 Å². The van der Waals surface area contributed by atoms with Gasteiger partial charge >= 0.3 is 0 Å². The Morgan fingerprint density at radius 3 is 2.73 bits per heavy atom. The maximum absolute atomic E-state index is 12.3. The largest absolute Gasteiger partial charge is 0.495 e. The Morgan fingerprint density at radius 2 is 2.00 bits per heavy atom. The SMILES string of the molecule is COc1cc(Cl)c(C)cc1NC(=O)CSc1nnc2c(Cl)cc(Cl)cn12. The van der Waals surface area contributed by atoms with E-state index < -0.39 is 0 Å². The number of fused-ring (bicyclic) bond motifs is 1. The molecule has 0 saturated carbocycles. The van der Waals surface area contributed by atoms with Crippen LogP contribution < -0.4 is 10.1 Å². The van der Waals surface area contributed by atoms with Crippen LogP contribution in [0.4, 0.5) is 5.69 Å². The van der Waals surface area contributed by atoms with E-state index in [2.05, 4.69) is 15.5 Å². The minimum absolute atomic E-state index is 0.121. The van der Waals surface area contributed by atoms with E-state index in [9.17, 15) is 4.79 Å². The molecule has 2 aromatic heterocycles. The lowest BCUT2D eigenvalue weighted by Gasteiger charge is -2.12. The highest BCUT2D eigenvalue weighted by Crippen LogP contribution is 2.31. The minimum Gasteiger partial charge on any atom is -0.495 e. The first-order chi connectivity index (χ1) is 12.4. The normalized spacial score (nSPS) is 11.0. The highest BCUT2D eigenvalue weighted by molar-refractivity contribution is 7.99. The third-order valence-electron chi connectivity index (χ3n) is 3.48. The topological polar surface area (TPSA) is 68.5 Å². The van der Waals surface area contributed by atoms with Crippen molar-refractivity contribution in [2.24, 2.45) is 0 Å². The number of ether oxygens (including phenoxy) is 1. The summed E-state index contributed by atoms with van der Waals surface area (Å²) in [7, 11) is 1.52. The maximum Gasteiger partial charge on any atom is 0.234 e. The number of rotatable bonds is 5. The molecule has 1 amide bonds. The summed E-state index contributed by atoms with van der Waals surface area (Å²) in [5.74, 6) is 0.390. The molecule has 0 aliphatic heterocycles. The van der Waals surface area contributed by atoms with Crippen molar-refractivity contribution in [3.63, 3.8) is 0 Å². The van der Waals surface area contributed by atoms with E-state index in [1.165, 1.54) is 18.9 Å². The molecule has 0 radical (unpaired) electrons. The third-order valence-corrected chi connectivity index (χ3v) is 5.32. The summed E-state index contributed by atoms with van der Waals surface area (Å²) in [4.78, 5) is 12.3. The summed E-state index contributed by atoms with van der Waals surface area (Å²) >= 11 is 19.4. The number of thioether (sulfide) groups is 1. The van der Waals surface area contributed by atoms with Gasteiger partial charge in [0, 0.05) is 17.3 Å². The van der Waals surface area contributed by atoms with Gasteiger partial charge in [0.25, 0.3) is 0 Å². The summed E-state index contributed by atoms with van der Waals surface area (Å²) in [5, 5.41) is 12.8. The highest BCUT2D eigenvalue weighted by atomic mass is 35.5. The zero-order chi connectivity index (χ0) is 18.8. The van der Waals surface area contributed by atoms with Crippen LogP contribution in [0, 0.1) is 6.92 Å². The Hall–Kier alpha value is -1.67. The molecule has 0 spiro atoms. The molecule has 0 aliphatic rings. The standard InChI is InChI=1S/C16H13Cl3N4O2S/c1-8-3-12(13(25-2)5-10(8)18)20-14(24)7-26-16-22-21-15-11(19)4-9(17)6-23(15)16/h3-6H,7H2,1-2H3,(H,20,24). The summed E-state index contributed by atoms with van der Waals surface area (Å²) < 4.78 is 6.90.